The molecule has 0 aliphatic heterocycles. The second kappa shape index (κ2) is 8.85. The molecule has 8 atom stereocenters. The zero-order valence-corrected chi connectivity index (χ0v) is 21.3. The van der Waals surface area contributed by atoms with E-state index in [0.717, 1.165) is 38.5 Å². The smallest absolute Gasteiger partial charge is 0.407 e. The van der Waals surface area contributed by atoms with Crippen molar-refractivity contribution in [2.45, 2.75) is 68.6 Å². The Morgan fingerprint density at radius 2 is 1.84 bits per heavy atom. The second-order valence-electron chi connectivity index (χ2n) is 10.8. The van der Waals surface area contributed by atoms with Crippen LogP contribution in [0, 0.1) is 40.4 Å². The van der Waals surface area contributed by atoms with E-state index in [1.54, 1.807) is 0 Å². The lowest BCUT2D eigenvalue weighted by Crippen LogP contribution is -2.62. The van der Waals surface area contributed by atoms with Crippen molar-refractivity contribution in [1.82, 2.24) is 5.32 Å². The number of ether oxygens (including phenoxy) is 2. The number of methoxy groups -OCH3 is 1. The third-order valence-corrected chi connectivity index (χ3v) is 9.65. The number of halogens is 3. The SMILES string of the molecule is COC(=O)C1CC[C@H]2[C@@H]3CCC4CC=CC[C@]4(C)[C@@H]3C(NC(=O)OCC(Cl)(Cl)Cl)C[C@]12C. The minimum absolute atomic E-state index is 0.103. The number of alkyl carbamates (subject to hydrolysis) is 1. The summed E-state index contributed by atoms with van der Waals surface area (Å²) in [5, 5.41) is 3.15. The molecule has 3 fully saturated rings. The van der Waals surface area contributed by atoms with Gasteiger partial charge in [0.2, 0.25) is 3.79 Å². The van der Waals surface area contributed by atoms with E-state index in [1.165, 1.54) is 13.5 Å². The highest BCUT2D eigenvalue weighted by molar-refractivity contribution is 6.67. The van der Waals surface area contributed by atoms with Gasteiger partial charge in [-0.2, -0.15) is 0 Å². The topological polar surface area (TPSA) is 64.6 Å². The first-order valence-electron chi connectivity index (χ1n) is 11.7. The van der Waals surface area contributed by atoms with E-state index in [-0.39, 0.29) is 35.4 Å². The highest BCUT2D eigenvalue weighted by atomic mass is 35.6. The summed E-state index contributed by atoms with van der Waals surface area (Å²) in [7, 11) is 1.47. The van der Waals surface area contributed by atoms with E-state index in [0.29, 0.717) is 23.7 Å². The number of alkyl halides is 3. The summed E-state index contributed by atoms with van der Waals surface area (Å²) in [5.74, 6) is 1.56. The lowest BCUT2D eigenvalue weighted by Gasteiger charge is -2.62. The lowest BCUT2D eigenvalue weighted by atomic mass is 9.44. The number of allylic oxidation sites excluding steroid dienone is 2. The van der Waals surface area contributed by atoms with Crippen LogP contribution in [0.15, 0.2) is 12.2 Å². The maximum absolute atomic E-state index is 12.8. The van der Waals surface area contributed by atoms with Crippen LogP contribution in [0.4, 0.5) is 4.79 Å². The molecule has 4 aliphatic carbocycles. The van der Waals surface area contributed by atoms with Crippen LogP contribution >= 0.6 is 34.8 Å². The van der Waals surface area contributed by atoms with Crippen LogP contribution in [0.2, 0.25) is 0 Å². The summed E-state index contributed by atoms with van der Waals surface area (Å²) in [6.07, 6.45) is 11.1. The largest absolute Gasteiger partial charge is 0.469 e. The van der Waals surface area contributed by atoms with Crippen LogP contribution in [-0.2, 0) is 14.3 Å². The molecular formula is C24H34Cl3NO4. The first kappa shape index (κ1) is 24.5. The number of amides is 1. The molecule has 1 amide bonds. The molecule has 0 aromatic heterocycles. The Morgan fingerprint density at radius 1 is 1.09 bits per heavy atom. The fraction of sp³-hybridized carbons (Fsp3) is 0.833. The van der Waals surface area contributed by atoms with Gasteiger partial charge in [0.15, 0.2) is 0 Å². The minimum atomic E-state index is -1.65. The van der Waals surface area contributed by atoms with Gasteiger partial charge in [0, 0.05) is 6.04 Å². The molecule has 32 heavy (non-hydrogen) atoms. The predicted molar refractivity (Wildman–Crippen MR) is 126 cm³/mol. The molecule has 0 spiro atoms. The van der Waals surface area contributed by atoms with Gasteiger partial charge in [-0.05, 0) is 79.4 Å². The number of rotatable bonds is 3. The first-order chi connectivity index (χ1) is 15.0. The molecule has 4 aliphatic rings. The third-order valence-electron chi connectivity index (χ3n) is 9.32. The zero-order valence-electron chi connectivity index (χ0n) is 19.0. The number of fused-ring (bicyclic) bond motifs is 5. The van der Waals surface area contributed by atoms with E-state index in [4.69, 9.17) is 44.3 Å². The fourth-order valence-electron chi connectivity index (χ4n) is 8.03. The molecular weight excluding hydrogens is 473 g/mol. The molecule has 0 heterocycles. The molecule has 0 aromatic rings. The number of hydrogen-bond acceptors (Lipinski definition) is 4. The van der Waals surface area contributed by atoms with E-state index >= 15 is 0 Å². The van der Waals surface area contributed by atoms with Crippen LogP contribution in [0.25, 0.3) is 0 Å². The average Bonchev–Trinajstić information content (AvgIpc) is 3.07. The van der Waals surface area contributed by atoms with Gasteiger partial charge >= 0.3 is 12.1 Å². The summed E-state index contributed by atoms with van der Waals surface area (Å²) in [6.45, 7) is 4.31. The molecule has 0 saturated heterocycles. The summed E-state index contributed by atoms with van der Waals surface area (Å²) in [4.78, 5) is 25.4. The van der Waals surface area contributed by atoms with Gasteiger partial charge in [-0.3, -0.25) is 4.79 Å². The zero-order chi connectivity index (χ0) is 23.3. The summed E-state index contributed by atoms with van der Waals surface area (Å²) in [5.41, 5.74) is -0.107. The number of hydrogen-bond donors (Lipinski definition) is 1. The van der Waals surface area contributed by atoms with Crippen LogP contribution in [-0.4, -0.2) is 35.6 Å². The van der Waals surface area contributed by atoms with Crippen molar-refractivity contribution in [3.63, 3.8) is 0 Å². The van der Waals surface area contributed by atoms with Gasteiger partial charge in [-0.25, -0.2) is 4.79 Å². The van der Waals surface area contributed by atoms with E-state index < -0.39 is 9.89 Å². The molecule has 1 N–H and O–H groups in total. The van der Waals surface area contributed by atoms with E-state index in [9.17, 15) is 9.59 Å². The Hall–Kier alpha value is -0.650. The summed E-state index contributed by atoms with van der Waals surface area (Å²) >= 11 is 17.3. The highest BCUT2D eigenvalue weighted by Gasteiger charge is 2.64. The summed E-state index contributed by atoms with van der Waals surface area (Å²) < 4.78 is 8.77. The van der Waals surface area contributed by atoms with Crippen molar-refractivity contribution in [3.05, 3.63) is 12.2 Å². The molecule has 3 unspecified atom stereocenters. The van der Waals surface area contributed by atoms with Crippen LogP contribution in [0.5, 0.6) is 0 Å². The highest BCUT2D eigenvalue weighted by Crippen LogP contribution is 2.67. The van der Waals surface area contributed by atoms with Crippen molar-refractivity contribution < 1.29 is 19.1 Å². The van der Waals surface area contributed by atoms with Crippen LogP contribution in [0.3, 0.4) is 0 Å². The maximum atomic E-state index is 12.8. The third kappa shape index (κ3) is 4.27. The Morgan fingerprint density at radius 3 is 2.53 bits per heavy atom. The quantitative estimate of drug-likeness (QED) is 0.287. The Balaban J connectivity index is 1.65. The molecule has 8 heteroatoms. The molecule has 180 valence electrons. The van der Waals surface area contributed by atoms with Gasteiger partial charge in [-0.1, -0.05) is 60.8 Å². The second-order valence-corrected chi connectivity index (χ2v) is 13.3. The minimum Gasteiger partial charge on any atom is -0.469 e. The molecule has 5 nitrogen and oxygen atoms in total. The van der Waals surface area contributed by atoms with Gasteiger partial charge in [0.25, 0.3) is 0 Å². The van der Waals surface area contributed by atoms with Crippen molar-refractivity contribution >= 4 is 46.9 Å². The van der Waals surface area contributed by atoms with Gasteiger partial charge in [0.05, 0.1) is 13.0 Å². The fourth-order valence-corrected chi connectivity index (χ4v) is 8.20. The average molecular weight is 507 g/mol. The van der Waals surface area contributed by atoms with Crippen LogP contribution < -0.4 is 5.32 Å². The van der Waals surface area contributed by atoms with Crippen molar-refractivity contribution in [2.75, 3.05) is 13.7 Å². The van der Waals surface area contributed by atoms with Crippen molar-refractivity contribution in [3.8, 4) is 0 Å². The van der Waals surface area contributed by atoms with E-state index in [1.807, 2.05) is 0 Å². The Bertz CT molecular complexity index is 784. The monoisotopic (exact) mass is 505 g/mol. The van der Waals surface area contributed by atoms with Crippen LogP contribution in [0.1, 0.15) is 58.8 Å². The number of esters is 1. The Kier molecular flexibility index (Phi) is 6.77. The molecule has 0 radical (unpaired) electrons. The van der Waals surface area contributed by atoms with Crippen molar-refractivity contribution in [1.29, 1.82) is 0 Å². The maximum Gasteiger partial charge on any atom is 0.407 e. The lowest BCUT2D eigenvalue weighted by molar-refractivity contribution is -0.156. The van der Waals surface area contributed by atoms with Gasteiger partial charge in [0.1, 0.15) is 6.61 Å². The number of nitrogens with one attached hydrogen (secondary N) is 1. The molecule has 3 saturated carbocycles. The van der Waals surface area contributed by atoms with Crippen molar-refractivity contribution in [2.24, 2.45) is 40.4 Å². The molecule has 0 aromatic carbocycles. The molecule has 0 bridgehead atoms. The molecule has 4 rings (SSSR count). The normalized spacial score (nSPS) is 42.9. The number of carbonyl (C=O) groups excluding carboxylic acids is 2. The predicted octanol–water partition coefficient (Wildman–Crippen LogP) is 6.06. The Labute approximate surface area is 205 Å². The van der Waals surface area contributed by atoms with Gasteiger partial charge in [-0.15, -0.1) is 0 Å². The summed E-state index contributed by atoms with van der Waals surface area (Å²) in [6, 6.07) is -0.103. The van der Waals surface area contributed by atoms with Gasteiger partial charge < -0.3 is 14.8 Å². The van der Waals surface area contributed by atoms with E-state index in [2.05, 4.69) is 31.3 Å². The number of carbonyl (C=O) groups is 2. The standard InChI is InChI=1S/C24H34Cl3NO4/c1-22-11-5-4-6-14(22)7-8-15-16-9-10-17(20(29)31-3)23(16,2)12-18(19(15)22)28-21(30)32-13-24(25,26)27/h4-5,14-19H,6-13H2,1-3H3,(H,28,30)/t14?,15-,16-,17?,18?,19-,22-,23-/m0/s1. The first-order valence-corrected chi connectivity index (χ1v) is 12.9.